The molecule has 0 aromatic carbocycles. The van der Waals surface area contributed by atoms with Gasteiger partial charge in [0.25, 0.3) is 0 Å². The van der Waals surface area contributed by atoms with Crippen LogP contribution in [0, 0.1) is 0 Å². The van der Waals surface area contributed by atoms with Crippen molar-refractivity contribution in [1.82, 2.24) is 0 Å². The van der Waals surface area contributed by atoms with Crippen LogP contribution in [0.15, 0.2) is 0 Å². The first kappa shape index (κ1) is 14.4. The lowest BCUT2D eigenvalue weighted by Gasteiger charge is -2.32. The Kier molecular flexibility index (Phi) is 5.08. The van der Waals surface area contributed by atoms with Gasteiger partial charge in [-0.3, -0.25) is 9.59 Å². The van der Waals surface area contributed by atoms with E-state index in [0.29, 0.717) is 0 Å². The molecule has 3 atom stereocenters. The highest BCUT2D eigenvalue weighted by molar-refractivity contribution is 5.75. The number of hydrogen-bond acceptors (Lipinski definition) is 7. The number of carbonyl (C=O) groups excluding carboxylic acids is 3. The highest BCUT2D eigenvalue weighted by Crippen LogP contribution is 2.24. The molecule has 1 saturated heterocycles. The molecule has 0 aromatic rings. The Morgan fingerprint density at radius 1 is 1.06 bits per heavy atom. The molecular weight excluding hydrogens is 244 g/mol. The van der Waals surface area contributed by atoms with E-state index in [-0.39, 0.29) is 12.8 Å². The van der Waals surface area contributed by atoms with E-state index in [0.717, 1.165) is 0 Å². The van der Waals surface area contributed by atoms with Crippen LogP contribution in [0.25, 0.3) is 0 Å². The van der Waals surface area contributed by atoms with Gasteiger partial charge in [0.05, 0.1) is 7.11 Å². The first-order valence-electron chi connectivity index (χ1n) is 5.50. The summed E-state index contributed by atoms with van der Waals surface area (Å²) in [7, 11) is 1.22. The zero-order chi connectivity index (χ0) is 13.7. The van der Waals surface area contributed by atoms with Gasteiger partial charge in [0.1, 0.15) is 6.10 Å². The second-order valence-electron chi connectivity index (χ2n) is 3.89. The van der Waals surface area contributed by atoms with Gasteiger partial charge in [-0.2, -0.15) is 0 Å². The maximum absolute atomic E-state index is 11.4. The number of hydrogen-bond donors (Lipinski definition) is 0. The molecule has 1 heterocycles. The molecule has 0 spiro atoms. The average Bonchev–Trinajstić information content (AvgIpc) is 2.25. The van der Waals surface area contributed by atoms with Crippen molar-refractivity contribution in [2.24, 2.45) is 0 Å². The highest BCUT2D eigenvalue weighted by Gasteiger charge is 2.37. The summed E-state index contributed by atoms with van der Waals surface area (Å²) >= 11 is 0. The third-order valence-electron chi connectivity index (χ3n) is 2.34. The third-order valence-corrected chi connectivity index (χ3v) is 2.34. The standard InChI is InChI=1S/C11H16O7/c1-6(12)16-8-4-9(11(14)15-3)18-10(5-8)17-7(2)13/h8-10H,4-5H2,1-3H3/t8?,9-,10?/m0/s1. The second-order valence-corrected chi connectivity index (χ2v) is 3.89. The van der Waals surface area contributed by atoms with Crippen LogP contribution in [-0.4, -0.2) is 43.5 Å². The predicted octanol–water partition coefficient (Wildman–Crippen LogP) is 0.159. The number of carbonyl (C=O) groups is 3. The molecule has 0 aromatic heterocycles. The topological polar surface area (TPSA) is 88.1 Å². The molecule has 102 valence electrons. The number of methoxy groups -OCH3 is 1. The van der Waals surface area contributed by atoms with Gasteiger partial charge in [-0.15, -0.1) is 0 Å². The van der Waals surface area contributed by atoms with E-state index >= 15 is 0 Å². The molecule has 1 aliphatic heterocycles. The fourth-order valence-corrected chi connectivity index (χ4v) is 1.72. The Morgan fingerprint density at radius 2 is 1.67 bits per heavy atom. The van der Waals surface area contributed by atoms with Crippen LogP contribution in [0.5, 0.6) is 0 Å². The SMILES string of the molecule is COC(=O)[C@@H]1CC(OC(C)=O)CC(OC(C)=O)O1. The minimum absolute atomic E-state index is 0.185. The van der Waals surface area contributed by atoms with Crippen LogP contribution >= 0.6 is 0 Å². The molecule has 1 rings (SSSR count). The molecule has 0 aliphatic carbocycles. The number of esters is 3. The quantitative estimate of drug-likeness (QED) is 0.527. The summed E-state index contributed by atoms with van der Waals surface area (Å²) in [6.45, 7) is 2.50. The van der Waals surface area contributed by atoms with Crippen LogP contribution in [0.3, 0.4) is 0 Å². The Morgan fingerprint density at radius 3 is 2.17 bits per heavy atom. The summed E-state index contributed by atoms with van der Waals surface area (Å²) in [5.74, 6) is -1.59. The van der Waals surface area contributed by atoms with Crippen LogP contribution in [0.2, 0.25) is 0 Å². The van der Waals surface area contributed by atoms with Gasteiger partial charge in [-0.25, -0.2) is 4.79 Å². The molecule has 0 saturated carbocycles. The molecule has 0 bridgehead atoms. The summed E-state index contributed by atoms with van der Waals surface area (Å²) in [4.78, 5) is 33.2. The van der Waals surface area contributed by atoms with E-state index < -0.39 is 36.4 Å². The van der Waals surface area contributed by atoms with Gasteiger partial charge in [0.2, 0.25) is 6.29 Å². The van der Waals surface area contributed by atoms with Crippen LogP contribution in [-0.2, 0) is 33.3 Å². The molecule has 1 aliphatic rings. The molecule has 0 N–H and O–H groups in total. The molecule has 0 amide bonds. The van der Waals surface area contributed by atoms with Crippen molar-refractivity contribution in [2.75, 3.05) is 7.11 Å². The zero-order valence-electron chi connectivity index (χ0n) is 10.5. The van der Waals surface area contributed by atoms with Crippen molar-refractivity contribution >= 4 is 17.9 Å². The Labute approximate surface area is 104 Å². The van der Waals surface area contributed by atoms with Crippen LogP contribution in [0.1, 0.15) is 26.7 Å². The minimum Gasteiger partial charge on any atom is -0.467 e. The van der Waals surface area contributed by atoms with Crippen molar-refractivity contribution in [3.8, 4) is 0 Å². The van der Waals surface area contributed by atoms with Crippen molar-refractivity contribution in [2.45, 2.75) is 45.2 Å². The normalized spacial score (nSPS) is 27.2. The minimum atomic E-state index is -0.912. The molecule has 18 heavy (non-hydrogen) atoms. The van der Waals surface area contributed by atoms with E-state index in [1.807, 2.05) is 0 Å². The lowest BCUT2D eigenvalue weighted by molar-refractivity contribution is -0.225. The molecule has 1 fully saturated rings. The monoisotopic (exact) mass is 260 g/mol. The van der Waals surface area contributed by atoms with Crippen molar-refractivity contribution < 1.29 is 33.3 Å². The molecule has 7 heteroatoms. The Balaban J connectivity index is 2.68. The van der Waals surface area contributed by atoms with Crippen LogP contribution in [0.4, 0.5) is 0 Å². The maximum atomic E-state index is 11.4. The summed E-state index contributed by atoms with van der Waals surface area (Å²) < 4.78 is 19.7. The summed E-state index contributed by atoms with van der Waals surface area (Å²) in [5.41, 5.74) is 0. The van der Waals surface area contributed by atoms with E-state index in [1.54, 1.807) is 0 Å². The maximum Gasteiger partial charge on any atom is 0.335 e. The van der Waals surface area contributed by atoms with Gasteiger partial charge in [-0.05, 0) is 0 Å². The van der Waals surface area contributed by atoms with Crippen LogP contribution < -0.4 is 0 Å². The predicted molar refractivity (Wildman–Crippen MR) is 57.2 cm³/mol. The first-order chi connectivity index (χ1) is 8.42. The summed E-state index contributed by atoms with van der Waals surface area (Å²) in [6, 6.07) is 0. The fraction of sp³-hybridized carbons (Fsp3) is 0.727. The number of rotatable bonds is 3. The Bertz CT molecular complexity index is 314. The van der Waals surface area contributed by atoms with Crippen molar-refractivity contribution in [3.63, 3.8) is 0 Å². The van der Waals surface area contributed by atoms with E-state index in [9.17, 15) is 14.4 Å². The largest absolute Gasteiger partial charge is 0.467 e. The molecule has 0 radical (unpaired) electrons. The summed E-state index contributed by atoms with van der Waals surface area (Å²) in [6.07, 6.45) is -1.97. The van der Waals surface area contributed by atoms with E-state index in [1.165, 1.54) is 21.0 Å². The lowest BCUT2D eigenvalue weighted by atomic mass is 10.0. The van der Waals surface area contributed by atoms with Gasteiger partial charge in [-0.1, -0.05) is 0 Å². The first-order valence-corrected chi connectivity index (χ1v) is 5.50. The average molecular weight is 260 g/mol. The van der Waals surface area contributed by atoms with Crippen molar-refractivity contribution in [3.05, 3.63) is 0 Å². The number of ether oxygens (including phenoxy) is 4. The lowest BCUT2D eigenvalue weighted by Crippen LogP contribution is -2.43. The van der Waals surface area contributed by atoms with Crippen molar-refractivity contribution in [1.29, 1.82) is 0 Å². The second kappa shape index (κ2) is 6.34. The molecular formula is C11H16O7. The summed E-state index contributed by atoms with van der Waals surface area (Å²) in [5, 5.41) is 0. The fourth-order valence-electron chi connectivity index (χ4n) is 1.72. The third kappa shape index (κ3) is 4.33. The van der Waals surface area contributed by atoms with Gasteiger partial charge >= 0.3 is 17.9 Å². The van der Waals surface area contributed by atoms with E-state index in [2.05, 4.69) is 4.74 Å². The molecule has 7 nitrogen and oxygen atoms in total. The van der Waals surface area contributed by atoms with E-state index in [4.69, 9.17) is 14.2 Å². The van der Waals surface area contributed by atoms with Gasteiger partial charge < -0.3 is 18.9 Å². The smallest absolute Gasteiger partial charge is 0.335 e. The highest BCUT2D eigenvalue weighted by atomic mass is 16.7. The zero-order valence-corrected chi connectivity index (χ0v) is 10.5. The Hall–Kier alpha value is -1.63. The van der Waals surface area contributed by atoms with Gasteiger partial charge in [0.15, 0.2) is 6.10 Å². The molecule has 2 unspecified atom stereocenters. The van der Waals surface area contributed by atoms with Gasteiger partial charge in [0, 0.05) is 26.7 Å².